The average molecular weight is 291 g/mol. The third kappa shape index (κ3) is 1.74. The summed E-state index contributed by atoms with van der Waals surface area (Å²) in [5.41, 5.74) is 3.80. The van der Waals surface area contributed by atoms with Gasteiger partial charge >= 0.3 is 5.28 Å². The van der Waals surface area contributed by atoms with Gasteiger partial charge in [0.25, 0.3) is 11.5 Å². The zero-order valence-electron chi connectivity index (χ0n) is 10.9. The first-order valence-electron chi connectivity index (χ1n) is 6.42. The number of anilines is 1. The van der Waals surface area contributed by atoms with Crippen molar-refractivity contribution < 1.29 is 4.98 Å². The lowest BCUT2D eigenvalue weighted by Gasteiger charge is -2.22. The average Bonchev–Trinajstić information content (AvgIpc) is 3.01. The molecule has 0 saturated carbocycles. The second kappa shape index (κ2) is 4.17. The van der Waals surface area contributed by atoms with Crippen LogP contribution < -0.4 is 9.88 Å². The number of aromatic amines is 3. The molecule has 4 rings (SSSR count). The number of hydrogen-bond donors (Lipinski definition) is 2. The Hall–Kier alpha value is -2.15. The molecule has 20 heavy (non-hydrogen) atoms. The third-order valence-electron chi connectivity index (χ3n) is 3.56. The van der Waals surface area contributed by atoms with Crippen LogP contribution in [0.3, 0.4) is 0 Å². The van der Waals surface area contributed by atoms with Crippen molar-refractivity contribution in [1.29, 1.82) is 0 Å². The van der Waals surface area contributed by atoms with Crippen LogP contribution in [0.1, 0.15) is 17.2 Å². The van der Waals surface area contributed by atoms with Crippen molar-refractivity contribution in [3.8, 4) is 0 Å². The fourth-order valence-corrected chi connectivity index (χ4v) is 2.82. The maximum Gasteiger partial charge on any atom is 0.334 e. The molecule has 0 amide bonds. The van der Waals surface area contributed by atoms with E-state index in [1.165, 1.54) is 0 Å². The van der Waals surface area contributed by atoms with Crippen molar-refractivity contribution in [2.75, 3.05) is 11.4 Å². The molecule has 0 unspecified atom stereocenters. The fourth-order valence-electron chi connectivity index (χ4n) is 2.65. The van der Waals surface area contributed by atoms with Gasteiger partial charge in [0.15, 0.2) is 5.52 Å². The first-order chi connectivity index (χ1) is 9.70. The first-order valence-corrected chi connectivity index (χ1v) is 6.80. The molecule has 0 radical (unpaired) electrons. The smallest absolute Gasteiger partial charge is 0.334 e. The van der Waals surface area contributed by atoms with Crippen LogP contribution in [0.25, 0.3) is 11.2 Å². The van der Waals surface area contributed by atoms with Gasteiger partial charge in [-0.2, -0.15) is 4.98 Å². The van der Waals surface area contributed by atoms with Gasteiger partial charge in [-0.1, -0.05) is 4.98 Å². The van der Waals surface area contributed by atoms with Gasteiger partial charge in [-0.3, -0.25) is 4.90 Å². The van der Waals surface area contributed by atoms with E-state index in [9.17, 15) is 0 Å². The monoisotopic (exact) mass is 290 g/mol. The minimum Gasteiger partial charge on any atom is -0.346 e. The van der Waals surface area contributed by atoms with Crippen LogP contribution in [0.4, 0.5) is 5.82 Å². The Bertz CT molecular complexity index is 790. The molecular weight excluding hydrogens is 278 g/mol. The van der Waals surface area contributed by atoms with Crippen molar-refractivity contribution in [3.05, 3.63) is 28.8 Å². The van der Waals surface area contributed by atoms with E-state index in [-0.39, 0.29) is 0 Å². The van der Waals surface area contributed by atoms with E-state index in [0.29, 0.717) is 10.9 Å². The Morgan fingerprint density at radius 2 is 2.30 bits per heavy atom. The van der Waals surface area contributed by atoms with Crippen molar-refractivity contribution in [1.82, 2.24) is 24.9 Å². The summed E-state index contributed by atoms with van der Waals surface area (Å²) in [6.45, 7) is 3.55. The number of aryl methyl sites for hydroxylation is 1. The highest BCUT2D eigenvalue weighted by molar-refractivity contribution is 6.27. The van der Waals surface area contributed by atoms with Gasteiger partial charge in [0.1, 0.15) is 12.4 Å². The molecule has 0 spiro atoms. The topological polar surface area (TPSA) is 87.6 Å². The summed E-state index contributed by atoms with van der Waals surface area (Å²) in [6.07, 6.45) is 2.65. The van der Waals surface area contributed by atoms with Crippen LogP contribution in [0.2, 0.25) is 5.28 Å². The highest BCUT2D eigenvalue weighted by Gasteiger charge is 2.27. The molecule has 102 valence electrons. The van der Waals surface area contributed by atoms with Crippen LogP contribution in [0.5, 0.6) is 0 Å². The molecule has 8 heteroatoms. The lowest BCUT2D eigenvalue weighted by atomic mass is 10.1. The second-order valence-corrected chi connectivity index (χ2v) is 5.25. The molecular formula is C12H13ClN7+. The van der Waals surface area contributed by atoms with Crippen molar-refractivity contribution in [2.24, 2.45) is 0 Å². The molecule has 1 aliphatic heterocycles. The number of H-pyrrole nitrogens is 3. The van der Waals surface area contributed by atoms with E-state index in [4.69, 9.17) is 11.6 Å². The van der Waals surface area contributed by atoms with Crippen LogP contribution in [-0.4, -0.2) is 31.5 Å². The molecule has 0 atom stereocenters. The van der Waals surface area contributed by atoms with Crippen molar-refractivity contribution >= 4 is 28.6 Å². The fraction of sp³-hybridized carbons (Fsp3) is 0.333. The summed E-state index contributed by atoms with van der Waals surface area (Å²) in [5.74, 6) is 1.74. The summed E-state index contributed by atoms with van der Waals surface area (Å²) >= 11 is 6.06. The van der Waals surface area contributed by atoms with E-state index in [1.54, 1.807) is 6.33 Å². The Balaban J connectivity index is 1.82. The number of imidazole rings is 2. The Morgan fingerprint density at radius 1 is 1.40 bits per heavy atom. The highest BCUT2D eigenvalue weighted by atomic mass is 35.5. The molecule has 0 fully saturated rings. The maximum atomic E-state index is 6.06. The largest absolute Gasteiger partial charge is 0.346 e. The van der Waals surface area contributed by atoms with Gasteiger partial charge in [-0.05, 0) is 18.5 Å². The van der Waals surface area contributed by atoms with E-state index in [0.717, 1.165) is 48.1 Å². The van der Waals surface area contributed by atoms with E-state index in [1.807, 2.05) is 6.92 Å². The Kier molecular flexibility index (Phi) is 2.43. The van der Waals surface area contributed by atoms with Crippen LogP contribution in [-0.2, 0) is 13.0 Å². The molecule has 3 aromatic rings. The van der Waals surface area contributed by atoms with Gasteiger partial charge in [-0.25, -0.2) is 9.97 Å². The molecule has 0 aliphatic carbocycles. The SMILES string of the molecule is Cc1nc2nc(Cl)[nH+]c(N3CCc4nc[nH]c4C3)c2[nH]1. The van der Waals surface area contributed by atoms with Crippen LogP contribution in [0, 0.1) is 6.92 Å². The number of fused-ring (bicyclic) bond motifs is 2. The van der Waals surface area contributed by atoms with Gasteiger partial charge in [0.2, 0.25) is 0 Å². The summed E-state index contributed by atoms with van der Waals surface area (Å²) in [4.78, 5) is 24.6. The minimum atomic E-state index is 0.342. The Morgan fingerprint density at radius 3 is 3.20 bits per heavy atom. The number of rotatable bonds is 1. The number of aromatic nitrogens is 6. The van der Waals surface area contributed by atoms with E-state index < -0.39 is 0 Å². The highest BCUT2D eigenvalue weighted by Crippen LogP contribution is 2.25. The summed E-state index contributed by atoms with van der Waals surface area (Å²) in [5, 5.41) is 0.342. The van der Waals surface area contributed by atoms with Crippen molar-refractivity contribution in [2.45, 2.75) is 19.9 Å². The zero-order valence-corrected chi connectivity index (χ0v) is 11.6. The lowest BCUT2D eigenvalue weighted by molar-refractivity contribution is -0.364. The van der Waals surface area contributed by atoms with Gasteiger partial charge in [0, 0.05) is 6.42 Å². The quantitative estimate of drug-likeness (QED) is 0.655. The standard InChI is InChI=1S/C12H12ClN7/c1-6-16-9-10(17-6)18-12(13)19-11(9)20-3-2-7-8(4-20)15-5-14-7/h5H,2-4H2,1H3,(H,14,15)(H,16,17,18,19)/p+1. The molecule has 7 nitrogen and oxygen atoms in total. The van der Waals surface area contributed by atoms with Crippen LogP contribution >= 0.6 is 11.6 Å². The molecule has 4 heterocycles. The molecule has 3 N–H and O–H groups in total. The molecule has 0 saturated heterocycles. The normalized spacial score (nSPS) is 14.8. The predicted molar refractivity (Wildman–Crippen MR) is 73.5 cm³/mol. The van der Waals surface area contributed by atoms with Gasteiger partial charge in [0.05, 0.1) is 24.3 Å². The number of nitrogens with zero attached hydrogens (tertiary/aromatic N) is 4. The summed E-state index contributed by atoms with van der Waals surface area (Å²) in [7, 11) is 0. The number of hydrogen-bond acceptors (Lipinski definition) is 4. The number of nitrogens with one attached hydrogen (secondary N) is 3. The molecule has 0 aromatic carbocycles. The van der Waals surface area contributed by atoms with Crippen molar-refractivity contribution in [3.63, 3.8) is 0 Å². The summed E-state index contributed by atoms with van der Waals surface area (Å²) in [6, 6.07) is 0. The second-order valence-electron chi connectivity index (χ2n) is 4.90. The lowest BCUT2D eigenvalue weighted by Crippen LogP contribution is -2.35. The number of halogens is 1. The predicted octanol–water partition coefficient (Wildman–Crippen LogP) is 1.02. The maximum absolute atomic E-state index is 6.06. The molecule has 1 aliphatic rings. The van der Waals surface area contributed by atoms with Gasteiger partial charge < -0.3 is 9.97 Å². The minimum absolute atomic E-state index is 0.342. The molecule has 0 bridgehead atoms. The first kappa shape index (κ1) is 11.7. The summed E-state index contributed by atoms with van der Waals surface area (Å²) < 4.78 is 0. The Labute approximate surface area is 119 Å². The van der Waals surface area contributed by atoms with Crippen LogP contribution in [0.15, 0.2) is 6.33 Å². The third-order valence-corrected chi connectivity index (χ3v) is 3.74. The zero-order chi connectivity index (χ0) is 13.7. The van der Waals surface area contributed by atoms with Gasteiger partial charge in [-0.15, -0.1) is 0 Å². The van der Waals surface area contributed by atoms with E-state index >= 15 is 0 Å². The van der Waals surface area contributed by atoms with E-state index in [2.05, 4.69) is 34.8 Å². The molecule has 3 aromatic heterocycles.